The summed E-state index contributed by atoms with van der Waals surface area (Å²) in [5.74, 6) is -0.787. The maximum absolute atomic E-state index is 13.8. The summed E-state index contributed by atoms with van der Waals surface area (Å²) in [7, 11) is -4.09. The lowest BCUT2D eigenvalue weighted by Gasteiger charge is -2.11. The number of ether oxygens (including phenoxy) is 1. The lowest BCUT2D eigenvalue weighted by atomic mass is 10.1. The molecular weight excluding hydrogens is 424 g/mol. The molecule has 0 aliphatic rings. The highest BCUT2D eigenvalue weighted by Crippen LogP contribution is 2.36. The third-order valence-electron chi connectivity index (χ3n) is 4.96. The molecule has 6 nitrogen and oxygen atoms in total. The highest BCUT2D eigenvalue weighted by Gasteiger charge is 2.35. The molecule has 1 aromatic heterocycles. The zero-order valence-electron chi connectivity index (χ0n) is 17.7. The van der Waals surface area contributed by atoms with E-state index >= 15 is 0 Å². The SMILES string of the molecule is CCOC(=O)c1nn(-c2ccc(C)cc2)c(-c2ccccc2)c1S(=O)(=O)c1ccccc1. The van der Waals surface area contributed by atoms with Crippen LogP contribution in [0.25, 0.3) is 16.9 Å². The molecule has 0 saturated carbocycles. The number of carbonyl (C=O) groups is 1. The first kappa shape index (κ1) is 21.5. The highest BCUT2D eigenvalue weighted by molar-refractivity contribution is 7.91. The third-order valence-corrected chi connectivity index (χ3v) is 6.78. The van der Waals surface area contributed by atoms with Gasteiger partial charge in [-0.25, -0.2) is 17.9 Å². The van der Waals surface area contributed by atoms with Crippen LogP contribution in [0, 0.1) is 6.92 Å². The molecule has 0 spiro atoms. The van der Waals surface area contributed by atoms with Crippen molar-refractivity contribution >= 4 is 15.8 Å². The maximum atomic E-state index is 13.8. The average Bonchev–Trinajstić information content (AvgIpc) is 3.23. The molecule has 3 aromatic carbocycles. The minimum absolute atomic E-state index is 0.0752. The van der Waals surface area contributed by atoms with Gasteiger partial charge in [0, 0.05) is 5.56 Å². The van der Waals surface area contributed by atoms with Gasteiger partial charge in [-0.05, 0) is 38.1 Å². The molecule has 0 atom stereocenters. The average molecular weight is 447 g/mol. The summed E-state index contributed by atoms with van der Waals surface area (Å²) in [5.41, 5.74) is 2.36. The summed E-state index contributed by atoms with van der Waals surface area (Å²) in [6.07, 6.45) is 0. The number of sulfone groups is 1. The summed E-state index contributed by atoms with van der Waals surface area (Å²) in [6.45, 7) is 3.72. The van der Waals surface area contributed by atoms with Gasteiger partial charge in [0.15, 0.2) is 5.69 Å². The van der Waals surface area contributed by atoms with Crippen molar-refractivity contribution in [3.63, 3.8) is 0 Å². The highest BCUT2D eigenvalue weighted by atomic mass is 32.2. The number of nitrogens with zero attached hydrogens (tertiary/aromatic N) is 2. The first-order valence-corrected chi connectivity index (χ1v) is 11.6. The van der Waals surface area contributed by atoms with Gasteiger partial charge in [-0.3, -0.25) is 0 Å². The van der Waals surface area contributed by atoms with Gasteiger partial charge in [0.2, 0.25) is 9.84 Å². The molecule has 0 aliphatic carbocycles. The van der Waals surface area contributed by atoms with Crippen molar-refractivity contribution in [2.45, 2.75) is 23.6 Å². The standard InChI is InChI=1S/C25H22N2O4S/c1-3-31-25(28)22-24(32(29,30)21-12-8-5-9-13-21)23(19-10-6-4-7-11-19)27(26-22)20-16-14-18(2)15-17-20/h4-17H,3H2,1-2H3. The number of hydrogen-bond acceptors (Lipinski definition) is 5. The Labute approximate surface area is 187 Å². The number of aryl methyl sites for hydroxylation is 1. The second-order valence-corrected chi connectivity index (χ2v) is 9.06. The molecule has 1 heterocycles. The smallest absolute Gasteiger partial charge is 0.360 e. The van der Waals surface area contributed by atoms with E-state index in [0.717, 1.165) is 5.56 Å². The molecule has 0 radical (unpaired) electrons. The molecule has 0 aliphatic heterocycles. The van der Waals surface area contributed by atoms with Crippen molar-refractivity contribution in [2.75, 3.05) is 6.61 Å². The minimum atomic E-state index is -4.09. The number of rotatable bonds is 6. The Bertz CT molecular complexity index is 1340. The summed E-state index contributed by atoms with van der Waals surface area (Å²) in [4.78, 5) is 12.8. The van der Waals surface area contributed by atoms with Crippen LogP contribution in [0.4, 0.5) is 0 Å². The minimum Gasteiger partial charge on any atom is -0.461 e. The van der Waals surface area contributed by atoms with Gasteiger partial charge in [0.25, 0.3) is 0 Å². The Balaban J connectivity index is 2.10. The molecule has 0 unspecified atom stereocenters. The summed E-state index contributed by atoms with van der Waals surface area (Å²) in [6, 6.07) is 24.6. The third kappa shape index (κ3) is 3.94. The lowest BCUT2D eigenvalue weighted by molar-refractivity contribution is 0.0514. The van der Waals surface area contributed by atoms with Crippen LogP contribution >= 0.6 is 0 Å². The number of benzene rings is 3. The Morgan fingerprint density at radius 3 is 2.09 bits per heavy atom. The first-order valence-electron chi connectivity index (χ1n) is 10.2. The van der Waals surface area contributed by atoms with E-state index in [9.17, 15) is 13.2 Å². The largest absolute Gasteiger partial charge is 0.461 e. The van der Waals surface area contributed by atoms with Gasteiger partial charge in [-0.15, -0.1) is 0 Å². The molecule has 0 saturated heterocycles. The van der Waals surface area contributed by atoms with Crippen molar-refractivity contribution in [3.05, 3.63) is 96.2 Å². The molecular formula is C25H22N2O4S. The van der Waals surface area contributed by atoms with E-state index in [4.69, 9.17) is 4.74 Å². The van der Waals surface area contributed by atoms with E-state index in [1.807, 2.05) is 49.4 Å². The summed E-state index contributed by atoms with van der Waals surface area (Å²) < 4.78 is 34.3. The van der Waals surface area contributed by atoms with Crippen molar-refractivity contribution in [1.82, 2.24) is 9.78 Å². The molecule has 0 N–H and O–H groups in total. The van der Waals surface area contributed by atoms with Crippen LogP contribution in [0.1, 0.15) is 23.0 Å². The number of carbonyl (C=O) groups excluding carboxylic acids is 1. The monoisotopic (exact) mass is 446 g/mol. The Hall–Kier alpha value is -3.71. The van der Waals surface area contributed by atoms with E-state index in [2.05, 4.69) is 5.10 Å². The van der Waals surface area contributed by atoms with E-state index in [1.165, 1.54) is 16.8 Å². The number of hydrogen-bond donors (Lipinski definition) is 0. The Morgan fingerprint density at radius 1 is 0.906 bits per heavy atom. The second-order valence-electron chi connectivity index (χ2n) is 7.18. The Morgan fingerprint density at radius 2 is 1.50 bits per heavy atom. The molecule has 4 aromatic rings. The van der Waals surface area contributed by atoms with Crippen LogP contribution in [0.15, 0.2) is 94.7 Å². The van der Waals surface area contributed by atoms with Crippen LogP contribution in [0.5, 0.6) is 0 Å². The van der Waals surface area contributed by atoms with Gasteiger partial charge < -0.3 is 4.74 Å². The molecule has 162 valence electrons. The van der Waals surface area contributed by atoms with Crippen molar-refractivity contribution < 1.29 is 17.9 Å². The van der Waals surface area contributed by atoms with Crippen LogP contribution in [0.3, 0.4) is 0 Å². The maximum Gasteiger partial charge on any atom is 0.360 e. The van der Waals surface area contributed by atoms with Crippen LogP contribution in [-0.4, -0.2) is 30.8 Å². The van der Waals surface area contributed by atoms with Crippen molar-refractivity contribution in [3.8, 4) is 16.9 Å². The van der Waals surface area contributed by atoms with E-state index in [-0.39, 0.29) is 22.1 Å². The Kier molecular flexibility index (Phi) is 5.92. The van der Waals surface area contributed by atoms with Crippen LogP contribution < -0.4 is 0 Å². The van der Waals surface area contributed by atoms with E-state index in [0.29, 0.717) is 16.9 Å². The number of aromatic nitrogens is 2. The van der Waals surface area contributed by atoms with Gasteiger partial charge in [0.1, 0.15) is 4.90 Å². The quantitative estimate of drug-likeness (QED) is 0.395. The summed E-state index contributed by atoms with van der Waals surface area (Å²) in [5, 5.41) is 4.46. The fourth-order valence-corrected chi connectivity index (χ4v) is 5.02. The van der Waals surface area contributed by atoms with Gasteiger partial charge >= 0.3 is 5.97 Å². The van der Waals surface area contributed by atoms with Crippen molar-refractivity contribution in [1.29, 1.82) is 0 Å². The normalized spacial score (nSPS) is 11.3. The fraction of sp³-hybridized carbons (Fsp3) is 0.120. The van der Waals surface area contributed by atoms with E-state index < -0.39 is 15.8 Å². The molecule has 7 heteroatoms. The predicted octanol–water partition coefficient (Wildman–Crippen LogP) is 4.86. The first-order chi connectivity index (χ1) is 15.4. The van der Waals surface area contributed by atoms with Crippen LogP contribution in [-0.2, 0) is 14.6 Å². The topological polar surface area (TPSA) is 78.3 Å². The van der Waals surface area contributed by atoms with Gasteiger partial charge in [-0.2, -0.15) is 5.10 Å². The second kappa shape index (κ2) is 8.80. The lowest BCUT2D eigenvalue weighted by Crippen LogP contribution is -2.12. The molecule has 4 rings (SSSR count). The zero-order chi connectivity index (χ0) is 22.7. The predicted molar refractivity (Wildman–Crippen MR) is 122 cm³/mol. The fourth-order valence-electron chi connectivity index (χ4n) is 3.43. The summed E-state index contributed by atoms with van der Waals surface area (Å²) >= 11 is 0. The number of esters is 1. The van der Waals surface area contributed by atoms with Crippen molar-refractivity contribution in [2.24, 2.45) is 0 Å². The molecule has 0 amide bonds. The van der Waals surface area contributed by atoms with E-state index in [1.54, 1.807) is 37.3 Å². The van der Waals surface area contributed by atoms with Gasteiger partial charge in [-0.1, -0.05) is 66.2 Å². The zero-order valence-corrected chi connectivity index (χ0v) is 18.5. The molecule has 0 bridgehead atoms. The molecule has 32 heavy (non-hydrogen) atoms. The van der Waals surface area contributed by atoms with Crippen LogP contribution in [0.2, 0.25) is 0 Å². The van der Waals surface area contributed by atoms with Gasteiger partial charge in [0.05, 0.1) is 22.9 Å². The molecule has 0 fully saturated rings.